The van der Waals surface area contributed by atoms with Crippen LogP contribution in [0.3, 0.4) is 0 Å². The Morgan fingerprint density at radius 1 is 1.04 bits per heavy atom. The van der Waals surface area contributed by atoms with Crippen LogP contribution in [-0.2, 0) is 0 Å². The van der Waals surface area contributed by atoms with Gasteiger partial charge in [0.25, 0.3) is 0 Å². The van der Waals surface area contributed by atoms with Gasteiger partial charge in [-0.3, -0.25) is 4.98 Å². The summed E-state index contributed by atoms with van der Waals surface area (Å²) in [4.78, 5) is 4.57. The third kappa shape index (κ3) is 1.87. The molecule has 0 N–H and O–H groups in total. The van der Waals surface area contributed by atoms with Crippen molar-refractivity contribution in [2.24, 2.45) is 0 Å². The molecule has 0 bridgehead atoms. The van der Waals surface area contributed by atoms with Gasteiger partial charge in [0.05, 0.1) is 29.4 Å². The summed E-state index contributed by atoms with van der Waals surface area (Å²) in [5.41, 5.74) is 5.74. The first kappa shape index (κ1) is 13.6. The van der Waals surface area contributed by atoms with Crippen LogP contribution in [0, 0.1) is 0 Å². The standard InChI is InChI=1S/C20H14N2OS/c1-23-15-4-5-18-14(9-15)10-20-16-3-2-7-21-17(16)11-19(22(18)20)13-6-8-24-12-13/h2-12H,1H3. The summed E-state index contributed by atoms with van der Waals surface area (Å²) >= 11 is 1.71. The van der Waals surface area contributed by atoms with Crippen LogP contribution in [0.2, 0.25) is 0 Å². The number of nitrogens with zero attached hydrogens (tertiary/aromatic N) is 2. The van der Waals surface area contributed by atoms with Crippen LogP contribution in [0.5, 0.6) is 5.75 Å². The second kappa shape index (κ2) is 5.08. The smallest absolute Gasteiger partial charge is 0.119 e. The van der Waals surface area contributed by atoms with Gasteiger partial charge in [0.2, 0.25) is 0 Å². The highest BCUT2D eigenvalue weighted by Gasteiger charge is 2.13. The SMILES string of the molecule is COc1ccc2c(c1)cc1c3cccnc3cc(-c3ccsc3)n21. The lowest BCUT2D eigenvalue weighted by Crippen LogP contribution is -1.93. The van der Waals surface area contributed by atoms with Gasteiger partial charge in [-0.05, 0) is 53.9 Å². The minimum absolute atomic E-state index is 0.873. The molecule has 5 rings (SSSR count). The summed E-state index contributed by atoms with van der Waals surface area (Å²) in [7, 11) is 1.70. The van der Waals surface area contributed by atoms with Crippen molar-refractivity contribution < 1.29 is 4.74 Å². The zero-order valence-corrected chi connectivity index (χ0v) is 13.9. The first-order valence-electron chi connectivity index (χ1n) is 7.75. The lowest BCUT2D eigenvalue weighted by molar-refractivity contribution is 0.415. The molecule has 0 unspecified atom stereocenters. The predicted octanol–water partition coefficient (Wildman–Crippen LogP) is 5.38. The van der Waals surface area contributed by atoms with Gasteiger partial charge in [-0.15, -0.1) is 0 Å². The number of aromatic nitrogens is 2. The quantitative estimate of drug-likeness (QED) is 0.434. The minimum Gasteiger partial charge on any atom is -0.497 e. The molecule has 0 spiro atoms. The topological polar surface area (TPSA) is 26.5 Å². The third-order valence-corrected chi connectivity index (χ3v) is 5.14. The van der Waals surface area contributed by atoms with E-state index in [0.29, 0.717) is 0 Å². The molecule has 0 aliphatic rings. The Kier molecular flexibility index (Phi) is 2.87. The molecule has 5 aromatic rings. The van der Waals surface area contributed by atoms with Gasteiger partial charge >= 0.3 is 0 Å². The number of benzene rings is 1. The van der Waals surface area contributed by atoms with E-state index < -0.39 is 0 Å². The van der Waals surface area contributed by atoms with Crippen molar-refractivity contribution in [2.45, 2.75) is 0 Å². The number of thiophene rings is 1. The molecule has 0 atom stereocenters. The predicted molar refractivity (Wildman–Crippen MR) is 100 cm³/mol. The summed E-state index contributed by atoms with van der Waals surface area (Å²) < 4.78 is 7.71. The van der Waals surface area contributed by atoms with Gasteiger partial charge < -0.3 is 9.14 Å². The number of pyridine rings is 2. The highest BCUT2D eigenvalue weighted by atomic mass is 32.1. The Hall–Kier alpha value is -2.85. The van der Waals surface area contributed by atoms with Crippen LogP contribution >= 0.6 is 11.3 Å². The maximum Gasteiger partial charge on any atom is 0.119 e. The van der Waals surface area contributed by atoms with Crippen molar-refractivity contribution in [2.75, 3.05) is 7.11 Å². The fourth-order valence-corrected chi connectivity index (χ4v) is 3.99. The van der Waals surface area contributed by atoms with E-state index in [0.717, 1.165) is 22.3 Å². The molecular weight excluding hydrogens is 316 g/mol. The van der Waals surface area contributed by atoms with Crippen molar-refractivity contribution in [3.05, 3.63) is 65.5 Å². The lowest BCUT2D eigenvalue weighted by atomic mass is 10.1. The Labute approximate surface area is 142 Å². The molecule has 0 aliphatic heterocycles. The maximum absolute atomic E-state index is 5.39. The average Bonchev–Trinajstić information content (AvgIpc) is 3.28. The molecule has 4 heterocycles. The van der Waals surface area contributed by atoms with Crippen LogP contribution in [0.25, 0.3) is 38.6 Å². The number of ether oxygens (including phenoxy) is 1. The van der Waals surface area contributed by atoms with Crippen molar-refractivity contribution in [3.63, 3.8) is 0 Å². The van der Waals surface area contributed by atoms with Crippen LogP contribution < -0.4 is 4.74 Å². The molecule has 0 saturated heterocycles. The molecule has 24 heavy (non-hydrogen) atoms. The average molecular weight is 330 g/mol. The number of hydrogen-bond acceptors (Lipinski definition) is 3. The highest BCUT2D eigenvalue weighted by Crippen LogP contribution is 2.34. The number of fused-ring (bicyclic) bond motifs is 5. The molecule has 116 valence electrons. The van der Waals surface area contributed by atoms with Crippen LogP contribution in [0.4, 0.5) is 0 Å². The van der Waals surface area contributed by atoms with E-state index in [1.165, 1.54) is 22.0 Å². The second-order valence-electron chi connectivity index (χ2n) is 5.77. The monoisotopic (exact) mass is 330 g/mol. The molecule has 0 amide bonds. The van der Waals surface area contributed by atoms with Gasteiger partial charge in [-0.2, -0.15) is 11.3 Å². The summed E-state index contributed by atoms with van der Waals surface area (Å²) in [5.74, 6) is 0.873. The molecular formula is C20H14N2OS. The van der Waals surface area contributed by atoms with Gasteiger partial charge in [-0.1, -0.05) is 0 Å². The van der Waals surface area contributed by atoms with Crippen molar-refractivity contribution in [1.29, 1.82) is 0 Å². The van der Waals surface area contributed by atoms with E-state index in [1.807, 2.05) is 18.3 Å². The zero-order valence-electron chi connectivity index (χ0n) is 13.1. The summed E-state index contributed by atoms with van der Waals surface area (Å²) in [6.45, 7) is 0. The normalized spacial score (nSPS) is 11.5. The lowest BCUT2D eigenvalue weighted by Gasteiger charge is -2.09. The molecule has 3 nitrogen and oxygen atoms in total. The highest BCUT2D eigenvalue weighted by molar-refractivity contribution is 7.08. The van der Waals surface area contributed by atoms with Crippen LogP contribution in [0.15, 0.2) is 65.5 Å². The van der Waals surface area contributed by atoms with Gasteiger partial charge in [0.1, 0.15) is 5.75 Å². The Morgan fingerprint density at radius 2 is 2.00 bits per heavy atom. The molecule has 4 heteroatoms. The number of hydrogen-bond donors (Lipinski definition) is 0. The minimum atomic E-state index is 0.873. The Bertz CT molecular complexity index is 1190. The van der Waals surface area contributed by atoms with Gasteiger partial charge in [0, 0.05) is 27.9 Å². The van der Waals surface area contributed by atoms with Gasteiger partial charge in [0.15, 0.2) is 0 Å². The van der Waals surface area contributed by atoms with E-state index in [1.54, 1.807) is 18.4 Å². The molecule has 0 aliphatic carbocycles. The Balaban J connectivity index is 2.02. The van der Waals surface area contributed by atoms with E-state index >= 15 is 0 Å². The summed E-state index contributed by atoms with van der Waals surface area (Å²) in [6, 6.07) is 16.9. The molecule has 4 aromatic heterocycles. The molecule has 0 radical (unpaired) electrons. The Morgan fingerprint density at radius 3 is 2.83 bits per heavy atom. The zero-order chi connectivity index (χ0) is 16.1. The van der Waals surface area contributed by atoms with Gasteiger partial charge in [-0.25, -0.2) is 0 Å². The van der Waals surface area contributed by atoms with Crippen LogP contribution in [0.1, 0.15) is 0 Å². The second-order valence-corrected chi connectivity index (χ2v) is 6.55. The van der Waals surface area contributed by atoms with Crippen molar-refractivity contribution in [3.8, 4) is 17.0 Å². The third-order valence-electron chi connectivity index (χ3n) is 4.45. The molecule has 0 saturated carbocycles. The maximum atomic E-state index is 5.39. The summed E-state index contributed by atoms with van der Waals surface area (Å²) in [6.07, 6.45) is 1.85. The number of methoxy groups -OCH3 is 1. The molecule has 0 fully saturated rings. The fraction of sp³-hybridized carbons (Fsp3) is 0.0500. The van der Waals surface area contributed by atoms with E-state index in [9.17, 15) is 0 Å². The first-order chi connectivity index (χ1) is 11.8. The van der Waals surface area contributed by atoms with Crippen molar-refractivity contribution in [1.82, 2.24) is 9.38 Å². The van der Waals surface area contributed by atoms with Crippen molar-refractivity contribution >= 4 is 38.7 Å². The van der Waals surface area contributed by atoms with E-state index in [-0.39, 0.29) is 0 Å². The largest absolute Gasteiger partial charge is 0.497 e. The fourth-order valence-electron chi connectivity index (χ4n) is 3.34. The van der Waals surface area contributed by atoms with Crippen LogP contribution in [-0.4, -0.2) is 16.5 Å². The van der Waals surface area contributed by atoms with E-state index in [2.05, 4.69) is 56.5 Å². The molecule has 1 aromatic carbocycles. The number of rotatable bonds is 2. The summed E-state index contributed by atoms with van der Waals surface area (Å²) in [5, 5.41) is 6.62. The van der Waals surface area contributed by atoms with E-state index in [4.69, 9.17) is 4.74 Å². The first-order valence-corrected chi connectivity index (χ1v) is 8.69.